The first-order chi connectivity index (χ1) is 14.2. The van der Waals surface area contributed by atoms with Gasteiger partial charge in [-0.3, -0.25) is 0 Å². The van der Waals surface area contributed by atoms with Crippen LogP contribution in [0.5, 0.6) is 5.75 Å². The lowest BCUT2D eigenvalue weighted by atomic mass is 10.1. The van der Waals surface area contributed by atoms with Crippen molar-refractivity contribution in [2.75, 3.05) is 7.11 Å². The number of para-hydroxylation sites is 1. The average Bonchev–Trinajstić information content (AvgIpc) is 3.42. The molecule has 1 aliphatic carbocycles. The number of nitrogens with zero attached hydrogens (tertiary/aromatic N) is 2. The first-order valence-electron chi connectivity index (χ1n) is 9.60. The predicted octanol–water partition coefficient (Wildman–Crippen LogP) is 3.24. The molecule has 9 heteroatoms. The number of carboxylic acid groups (broad SMARTS) is 1. The number of H-pyrrole nitrogens is 1. The fraction of sp³-hybridized carbons (Fsp3) is 0.333. The zero-order chi connectivity index (χ0) is 21.6. The Morgan fingerprint density at radius 2 is 1.93 bits per heavy atom. The van der Waals surface area contributed by atoms with Gasteiger partial charge in [-0.2, -0.15) is 4.31 Å². The highest BCUT2D eigenvalue weighted by atomic mass is 32.2. The number of methoxy groups -OCH3 is 1. The minimum Gasteiger partial charge on any atom is -0.497 e. The second-order valence-corrected chi connectivity index (χ2v) is 9.39. The summed E-state index contributed by atoms with van der Waals surface area (Å²) in [6.45, 7) is 3.56. The van der Waals surface area contributed by atoms with Crippen molar-refractivity contribution >= 4 is 27.0 Å². The number of benzene rings is 2. The molecule has 4 rings (SSSR count). The van der Waals surface area contributed by atoms with Gasteiger partial charge in [-0.1, -0.05) is 6.07 Å². The van der Waals surface area contributed by atoms with Gasteiger partial charge in [0.2, 0.25) is 10.0 Å². The van der Waals surface area contributed by atoms with E-state index in [4.69, 9.17) is 4.74 Å². The topological polar surface area (TPSA) is 113 Å². The SMILES string of the molecule is COc1cc(C)c(S(=O)(=O)N(Cc2nc3cccc(C(=O)O)c3[nH]2)C2CC2)c(C)c1. The summed E-state index contributed by atoms with van der Waals surface area (Å²) in [6, 6.07) is 8.15. The lowest BCUT2D eigenvalue weighted by Crippen LogP contribution is -2.34. The van der Waals surface area contributed by atoms with Gasteiger partial charge >= 0.3 is 5.97 Å². The number of carbonyl (C=O) groups is 1. The third-order valence-corrected chi connectivity index (χ3v) is 7.50. The summed E-state index contributed by atoms with van der Waals surface area (Å²) < 4.78 is 33.9. The van der Waals surface area contributed by atoms with Crippen LogP contribution in [0.3, 0.4) is 0 Å². The van der Waals surface area contributed by atoms with Crippen LogP contribution in [0, 0.1) is 13.8 Å². The van der Waals surface area contributed by atoms with Crippen molar-refractivity contribution in [3.8, 4) is 5.75 Å². The van der Waals surface area contributed by atoms with Crippen molar-refractivity contribution in [2.45, 2.75) is 44.2 Å². The van der Waals surface area contributed by atoms with Crippen molar-refractivity contribution < 1.29 is 23.1 Å². The Morgan fingerprint density at radius 1 is 1.27 bits per heavy atom. The molecule has 158 valence electrons. The molecule has 0 aliphatic heterocycles. The Morgan fingerprint density at radius 3 is 2.50 bits per heavy atom. The highest BCUT2D eigenvalue weighted by molar-refractivity contribution is 7.89. The molecule has 3 aromatic rings. The normalized spacial score (nSPS) is 14.4. The van der Waals surface area contributed by atoms with Crippen LogP contribution in [0.2, 0.25) is 0 Å². The molecule has 30 heavy (non-hydrogen) atoms. The van der Waals surface area contributed by atoms with Crippen LogP contribution < -0.4 is 4.74 Å². The second kappa shape index (κ2) is 7.41. The van der Waals surface area contributed by atoms with Crippen LogP contribution in [-0.2, 0) is 16.6 Å². The van der Waals surface area contributed by atoms with Crippen LogP contribution in [0.15, 0.2) is 35.2 Å². The average molecular weight is 429 g/mol. The number of hydrogen-bond donors (Lipinski definition) is 2. The highest BCUT2D eigenvalue weighted by Crippen LogP contribution is 2.36. The third kappa shape index (κ3) is 3.54. The van der Waals surface area contributed by atoms with Crippen molar-refractivity contribution in [1.29, 1.82) is 0 Å². The first-order valence-corrected chi connectivity index (χ1v) is 11.0. The number of aromatic nitrogens is 2. The molecule has 1 aliphatic rings. The van der Waals surface area contributed by atoms with Crippen LogP contribution in [0.4, 0.5) is 0 Å². The standard InChI is InChI=1S/C21H23N3O5S/c1-12-9-15(29-3)10-13(2)20(12)30(27,28)24(14-7-8-14)11-18-22-17-6-4-5-16(21(25)26)19(17)23-18/h4-6,9-10,14H,7-8,11H2,1-3H3,(H,22,23)(H,25,26). The summed E-state index contributed by atoms with van der Waals surface area (Å²) >= 11 is 0. The first kappa shape index (κ1) is 20.4. The number of sulfonamides is 1. The van der Waals surface area contributed by atoms with Gasteiger partial charge in [0.15, 0.2) is 0 Å². The van der Waals surface area contributed by atoms with Gasteiger partial charge in [-0.05, 0) is 62.1 Å². The summed E-state index contributed by atoms with van der Waals surface area (Å²) in [4.78, 5) is 19.2. The van der Waals surface area contributed by atoms with Crippen LogP contribution in [-0.4, -0.2) is 46.9 Å². The van der Waals surface area contributed by atoms with E-state index >= 15 is 0 Å². The number of carboxylic acids is 1. The van der Waals surface area contributed by atoms with E-state index < -0.39 is 16.0 Å². The van der Waals surface area contributed by atoms with E-state index in [0.717, 1.165) is 12.8 Å². The monoisotopic (exact) mass is 429 g/mol. The number of imidazole rings is 1. The van der Waals surface area contributed by atoms with E-state index in [1.807, 2.05) is 0 Å². The second-order valence-electron chi connectivity index (χ2n) is 7.56. The molecule has 0 amide bonds. The number of aromatic carboxylic acids is 1. The Hall–Kier alpha value is -2.91. The maximum Gasteiger partial charge on any atom is 0.337 e. The summed E-state index contributed by atoms with van der Waals surface area (Å²) in [5.41, 5.74) is 2.24. The molecule has 0 radical (unpaired) electrons. The number of fused-ring (bicyclic) bond motifs is 1. The smallest absolute Gasteiger partial charge is 0.337 e. The van der Waals surface area contributed by atoms with Crippen LogP contribution in [0.1, 0.15) is 40.2 Å². The quantitative estimate of drug-likeness (QED) is 0.596. The summed E-state index contributed by atoms with van der Waals surface area (Å²) in [7, 11) is -2.24. The molecule has 0 unspecified atom stereocenters. The number of ether oxygens (including phenoxy) is 1. The van der Waals surface area contributed by atoms with Crippen LogP contribution >= 0.6 is 0 Å². The van der Waals surface area contributed by atoms with E-state index in [9.17, 15) is 18.3 Å². The maximum absolute atomic E-state index is 13.6. The molecule has 1 heterocycles. The maximum atomic E-state index is 13.6. The van der Waals surface area contributed by atoms with Gasteiger partial charge in [0, 0.05) is 6.04 Å². The Balaban J connectivity index is 1.75. The molecular weight excluding hydrogens is 406 g/mol. The van der Waals surface area contributed by atoms with E-state index in [2.05, 4.69) is 9.97 Å². The molecule has 0 atom stereocenters. The fourth-order valence-electron chi connectivity index (χ4n) is 3.81. The molecule has 2 aromatic carbocycles. The molecule has 1 aromatic heterocycles. The molecule has 0 bridgehead atoms. The zero-order valence-corrected chi connectivity index (χ0v) is 17.8. The van der Waals surface area contributed by atoms with Crippen molar-refractivity contribution in [3.05, 3.63) is 52.8 Å². The summed E-state index contributed by atoms with van der Waals surface area (Å²) in [6.07, 6.45) is 1.57. The number of nitrogens with one attached hydrogen (secondary N) is 1. The summed E-state index contributed by atoms with van der Waals surface area (Å²) in [5, 5.41) is 9.39. The van der Waals surface area contributed by atoms with E-state index in [0.29, 0.717) is 33.7 Å². The minimum absolute atomic E-state index is 0.0473. The predicted molar refractivity (Wildman–Crippen MR) is 111 cm³/mol. The molecule has 8 nitrogen and oxygen atoms in total. The lowest BCUT2D eigenvalue weighted by Gasteiger charge is -2.23. The number of aromatic amines is 1. The highest BCUT2D eigenvalue weighted by Gasteiger charge is 2.40. The third-order valence-electron chi connectivity index (χ3n) is 5.29. The number of rotatable bonds is 7. The van der Waals surface area contributed by atoms with Crippen molar-refractivity contribution in [2.24, 2.45) is 0 Å². The molecule has 1 saturated carbocycles. The Bertz CT molecular complexity index is 1220. The fourth-order valence-corrected chi connectivity index (χ4v) is 5.87. The van der Waals surface area contributed by atoms with Gasteiger partial charge in [-0.15, -0.1) is 0 Å². The van der Waals surface area contributed by atoms with Crippen molar-refractivity contribution in [1.82, 2.24) is 14.3 Å². The minimum atomic E-state index is -3.78. The Labute approximate surface area is 174 Å². The van der Waals surface area contributed by atoms with Gasteiger partial charge in [-0.25, -0.2) is 18.2 Å². The van der Waals surface area contributed by atoms with Crippen molar-refractivity contribution in [3.63, 3.8) is 0 Å². The zero-order valence-electron chi connectivity index (χ0n) is 17.0. The Kier molecular flexibility index (Phi) is 5.03. The van der Waals surface area contributed by atoms with E-state index in [1.54, 1.807) is 45.2 Å². The molecule has 0 saturated heterocycles. The largest absolute Gasteiger partial charge is 0.497 e. The lowest BCUT2D eigenvalue weighted by molar-refractivity contribution is 0.0699. The molecule has 1 fully saturated rings. The van der Waals surface area contributed by atoms with Gasteiger partial charge < -0.3 is 14.8 Å². The van der Waals surface area contributed by atoms with Gasteiger partial charge in [0.05, 0.1) is 35.1 Å². The molecule has 2 N–H and O–H groups in total. The van der Waals surface area contributed by atoms with Gasteiger partial charge in [0.1, 0.15) is 11.6 Å². The number of aryl methyl sites for hydroxylation is 2. The van der Waals surface area contributed by atoms with Gasteiger partial charge in [0.25, 0.3) is 0 Å². The van der Waals surface area contributed by atoms with E-state index in [-0.39, 0.29) is 23.0 Å². The molecule has 0 spiro atoms. The number of hydrogen-bond acceptors (Lipinski definition) is 5. The van der Waals surface area contributed by atoms with E-state index in [1.165, 1.54) is 10.4 Å². The molecular formula is C21H23N3O5S. The summed E-state index contributed by atoms with van der Waals surface area (Å²) in [5.74, 6) is -0.0367. The van der Waals surface area contributed by atoms with Crippen LogP contribution in [0.25, 0.3) is 11.0 Å².